The molecule has 102 valence electrons. The van der Waals surface area contributed by atoms with Crippen molar-refractivity contribution in [2.24, 2.45) is 0 Å². The van der Waals surface area contributed by atoms with Crippen LogP contribution in [0.25, 0.3) is 0 Å². The molecular weight excluding hydrogens is 264 g/mol. The minimum atomic E-state index is -3.28. The summed E-state index contributed by atoms with van der Waals surface area (Å²) >= 11 is 0. The minimum absolute atomic E-state index is 0.0115. The van der Waals surface area contributed by atoms with Gasteiger partial charge in [-0.2, -0.15) is 0 Å². The highest BCUT2D eigenvalue weighted by Crippen LogP contribution is 2.17. The predicted octanol–water partition coefficient (Wildman–Crippen LogP) is 1.52. The molecule has 7 heteroatoms. The van der Waals surface area contributed by atoms with Crippen LogP contribution in [0.3, 0.4) is 0 Å². The lowest BCUT2D eigenvalue weighted by Crippen LogP contribution is -2.30. The molecule has 1 aromatic carbocycles. The quantitative estimate of drug-likeness (QED) is 0.828. The Morgan fingerprint density at radius 2 is 1.83 bits per heavy atom. The molecule has 0 aliphatic heterocycles. The van der Waals surface area contributed by atoms with Crippen LogP contribution in [0.5, 0.6) is 0 Å². The molecule has 0 aliphatic carbocycles. The second-order valence-corrected chi connectivity index (χ2v) is 6.07. The third-order valence-corrected chi connectivity index (χ3v) is 4.13. The first-order valence-corrected chi connectivity index (χ1v) is 7.01. The van der Waals surface area contributed by atoms with Crippen LogP contribution >= 0.6 is 0 Å². The van der Waals surface area contributed by atoms with E-state index >= 15 is 0 Å². The Labute approximate surface area is 105 Å². The SMILES string of the molecule is CCS(=O)(=O)c1ccc(NCC(F)(F)CO)cc1. The maximum absolute atomic E-state index is 12.8. The average molecular weight is 279 g/mol. The number of aliphatic hydroxyl groups is 1. The molecule has 0 atom stereocenters. The van der Waals surface area contributed by atoms with Crippen molar-refractivity contribution in [3.63, 3.8) is 0 Å². The lowest BCUT2D eigenvalue weighted by Gasteiger charge is -2.15. The van der Waals surface area contributed by atoms with E-state index in [4.69, 9.17) is 5.11 Å². The van der Waals surface area contributed by atoms with Crippen molar-refractivity contribution in [3.8, 4) is 0 Å². The van der Waals surface area contributed by atoms with Gasteiger partial charge in [0.1, 0.15) is 6.61 Å². The van der Waals surface area contributed by atoms with Gasteiger partial charge in [0.2, 0.25) is 0 Å². The third-order valence-electron chi connectivity index (χ3n) is 2.38. The molecule has 0 fully saturated rings. The number of rotatable bonds is 6. The maximum atomic E-state index is 12.8. The zero-order chi connectivity index (χ0) is 13.8. The van der Waals surface area contributed by atoms with Gasteiger partial charge in [0.25, 0.3) is 5.92 Å². The number of alkyl halides is 2. The van der Waals surface area contributed by atoms with E-state index in [2.05, 4.69) is 5.32 Å². The van der Waals surface area contributed by atoms with E-state index < -0.39 is 28.9 Å². The van der Waals surface area contributed by atoms with E-state index in [1.807, 2.05) is 0 Å². The van der Waals surface area contributed by atoms with E-state index in [0.717, 1.165) is 0 Å². The summed E-state index contributed by atoms with van der Waals surface area (Å²) in [6, 6.07) is 5.54. The van der Waals surface area contributed by atoms with Crippen LogP contribution in [0.2, 0.25) is 0 Å². The van der Waals surface area contributed by atoms with Gasteiger partial charge in [-0.25, -0.2) is 17.2 Å². The molecule has 2 N–H and O–H groups in total. The van der Waals surface area contributed by atoms with E-state index in [0.29, 0.717) is 5.69 Å². The lowest BCUT2D eigenvalue weighted by molar-refractivity contribution is -0.0372. The molecule has 18 heavy (non-hydrogen) atoms. The molecule has 0 unspecified atom stereocenters. The highest BCUT2D eigenvalue weighted by molar-refractivity contribution is 7.91. The molecule has 0 bridgehead atoms. The number of aliphatic hydroxyl groups excluding tert-OH is 1. The Balaban J connectivity index is 2.73. The zero-order valence-electron chi connectivity index (χ0n) is 9.86. The average Bonchev–Trinajstić information content (AvgIpc) is 2.37. The molecular formula is C11H15F2NO3S. The fraction of sp³-hybridized carbons (Fsp3) is 0.455. The van der Waals surface area contributed by atoms with Crippen molar-refractivity contribution in [1.29, 1.82) is 0 Å². The Morgan fingerprint density at radius 3 is 2.28 bits per heavy atom. The van der Waals surface area contributed by atoms with Crippen molar-refractivity contribution in [2.75, 3.05) is 24.2 Å². The van der Waals surface area contributed by atoms with E-state index in [-0.39, 0.29) is 10.6 Å². The standard InChI is InChI=1S/C11H15F2NO3S/c1-2-18(16,17)10-5-3-9(4-6-10)14-7-11(12,13)8-15/h3-6,14-15H,2,7-8H2,1H3. The van der Waals surface area contributed by atoms with Crippen LogP contribution in [0, 0.1) is 0 Å². The smallest absolute Gasteiger partial charge is 0.287 e. The second-order valence-electron chi connectivity index (χ2n) is 3.80. The first-order chi connectivity index (χ1) is 8.30. The van der Waals surface area contributed by atoms with Gasteiger partial charge in [0, 0.05) is 5.69 Å². The molecule has 0 saturated heterocycles. The largest absolute Gasteiger partial charge is 0.390 e. The highest BCUT2D eigenvalue weighted by Gasteiger charge is 2.27. The molecule has 4 nitrogen and oxygen atoms in total. The molecule has 0 amide bonds. The van der Waals surface area contributed by atoms with Crippen molar-refractivity contribution >= 4 is 15.5 Å². The fourth-order valence-electron chi connectivity index (χ4n) is 1.23. The van der Waals surface area contributed by atoms with Gasteiger partial charge in [0.05, 0.1) is 17.2 Å². The summed E-state index contributed by atoms with van der Waals surface area (Å²) < 4.78 is 48.5. The summed E-state index contributed by atoms with van der Waals surface area (Å²) in [4.78, 5) is 0.157. The third kappa shape index (κ3) is 3.92. The van der Waals surface area contributed by atoms with Crippen LogP contribution in [0.4, 0.5) is 14.5 Å². The van der Waals surface area contributed by atoms with Crippen LogP contribution < -0.4 is 5.32 Å². The molecule has 0 aromatic heterocycles. The summed E-state index contributed by atoms with van der Waals surface area (Å²) in [5, 5.41) is 10.8. The number of benzene rings is 1. The molecule has 1 rings (SSSR count). The fourth-order valence-corrected chi connectivity index (χ4v) is 2.12. The van der Waals surface area contributed by atoms with Crippen LogP contribution in [0.15, 0.2) is 29.2 Å². The monoisotopic (exact) mass is 279 g/mol. The Bertz CT molecular complexity index is 486. The first kappa shape index (κ1) is 14.8. The van der Waals surface area contributed by atoms with Crippen molar-refractivity contribution in [3.05, 3.63) is 24.3 Å². The minimum Gasteiger partial charge on any atom is -0.390 e. The van der Waals surface area contributed by atoms with E-state index in [9.17, 15) is 17.2 Å². The van der Waals surface area contributed by atoms with Crippen LogP contribution in [0.1, 0.15) is 6.92 Å². The first-order valence-electron chi connectivity index (χ1n) is 5.36. The van der Waals surface area contributed by atoms with Crippen molar-refractivity contribution in [1.82, 2.24) is 0 Å². The van der Waals surface area contributed by atoms with Gasteiger partial charge in [-0.1, -0.05) is 6.92 Å². The lowest BCUT2D eigenvalue weighted by atomic mass is 10.3. The molecule has 0 radical (unpaired) electrons. The number of nitrogens with one attached hydrogen (secondary N) is 1. The topological polar surface area (TPSA) is 66.4 Å². The molecule has 0 saturated carbocycles. The molecule has 0 heterocycles. The normalized spacial score (nSPS) is 12.4. The maximum Gasteiger partial charge on any atom is 0.287 e. The molecule has 0 spiro atoms. The van der Waals surface area contributed by atoms with Gasteiger partial charge >= 0.3 is 0 Å². The molecule has 1 aromatic rings. The Kier molecular flexibility index (Phi) is 4.64. The van der Waals surface area contributed by atoms with Crippen molar-refractivity contribution in [2.45, 2.75) is 17.7 Å². The Morgan fingerprint density at radius 1 is 1.28 bits per heavy atom. The Hall–Kier alpha value is -1.21. The summed E-state index contributed by atoms with van der Waals surface area (Å²) in [5.74, 6) is -3.21. The number of hydrogen-bond donors (Lipinski definition) is 2. The molecule has 0 aliphatic rings. The number of anilines is 1. The van der Waals surface area contributed by atoms with Gasteiger partial charge in [-0.3, -0.25) is 0 Å². The summed E-state index contributed by atoms with van der Waals surface area (Å²) in [5.41, 5.74) is 0.373. The van der Waals surface area contributed by atoms with Gasteiger partial charge in [-0.05, 0) is 24.3 Å². The predicted molar refractivity (Wildman–Crippen MR) is 64.7 cm³/mol. The van der Waals surface area contributed by atoms with Gasteiger partial charge in [0.15, 0.2) is 9.84 Å². The van der Waals surface area contributed by atoms with Gasteiger partial charge < -0.3 is 10.4 Å². The number of halogens is 2. The van der Waals surface area contributed by atoms with Crippen molar-refractivity contribution < 1.29 is 22.3 Å². The zero-order valence-corrected chi connectivity index (χ0v) is 10.7. The summed E-state index contributed by atoms with van der Waals surface area (Å²) in [7, 11) is -3.28. The summed E-state index contributed by atoms with van der Waals surface area (Å²) in [6.45, 7) is -0.408. The van der Waals surface area contributed by atoms with E-state index in [1.165, 1.54) is 31.2 Å². The van der Waals surface area contributed by atoms with Crippen LogP contribution in [-0.4, -0.2) is 38.4 Å². The van der Waals surface area contributed by atoms with Gasteiger partial charge in [-0.15, -0.1) is 0 Å². The van der Waals surface area contributed by atoms with E-state index in [1.54, 1.807) is 0 Å². The number of sulfone groups is 1. The van der Waals surface area contributed by atoms with Crippen LogP contribution in [-0.2, 0) is 9.84 Å². The summed E-state index contributed by atoms with van der Waals surface area (Å²) in [6.07, 6.45) is 0. The highest BCUT2D eigenvalue weighted by atomic mass is 32.2. The second kappa shape index (κ2) is 5.62. The number of hydrogen-bond acceptors (Lipinski definition) is 4.